The van der Waals surface area contributed by atoms with Crippen molar-refractivity contribution in [3.63, 3.8) is 0 Å². The molecule has 1 aromatic carbocycles. The number of hydrogen-bond acceptors (Lipinski definition) is 1. The molecule has 0 aliphatic heterocycles. The van der Waals surface area contributed by atoms with E-state index in [1.165, 1.54) is 16.7 Å². The largest absolute Gasteiger partial charge is 0.350 e. The number of carbonyl (C=O) groups is 1. The molecule has 0 heterocycles. The number of carbonyl (C=O) groups excluding carboxylic acids is 1. The fourth-order valence-corrected chi connectivity index (χ4v) is 1.65. The smallest absolute Gasteiger partial charge is 0.220 e. The minimum Gasteiger partial charge on any atom is -0.350 e. The van der Waals surface area contributed by atoms with Crippen LogP contribution in [-0.4, -0.2) is 5.91 Å². The molecule has 0 bridgehead atoms. The van der Waals surface area contributed by atoms with Crippen LogP contribution in [0.2, 0.25) is 0 Å². The van der Waals surface area contributed by atoms with Crippen LogP contribution in [-0.2, 0) is 4.79 Å². The van der Waals surface area contributed by atoms with Crippen LogP contribution in [0.15, 0.2) is 18.2 Å². The third-order valence-corrected chi connectivity index (χ3v) is 2.60. The summed E-state index contributed by atoms with van der Waals surface area (Å²) in [6.07, 6.45) is 0.537. The lowest BCUT2D eigenvalue weighted by Crippen LogP contribution is -2.26. The maximum absolute atomic E-state index is 11.3. The first-order valence-electron chi connectivity index (χ1n) is 5.41. The summed E-state index contributed by atoms with van der Waals surface area (Å²) in [5, 5.41) is 2.97. The van der Waals surface area contributed by atoms with E-state index in [-0.39, 0.29) is 11.9 Å². The average molecular weight is 205 g/mol. The third-order valence-electron chi connectivity index (χ3n) is 2.60. The molecule has 1 amide bonds. The highest BCUT2D eigenvalue weighted by Gasteiger charge is 2.10. The Balaban J connectivity index is 2.85. The van der Waals surface area contributed by atoms with E-state index in [1.807, 2.05) is 13.8 Å². The van der Waals surface area contributed by atoms with Crippen molar-refractivity contribution in [3.05, 3.63) is 34.9 Å². The Morgan fingerprint density at radius 1 is 1.40 bits per heavy atom. The second-order valence-corrected chi connectivity index (χ2v) is 4.00. The summed E-state index contributed by atoms with van der Waals surface area (Å²) in [6.45, 7) is 8.03. The Bertz CT molecular complexity index is 358. The first kappa shape index (κ1) is 11.8. The number of aryl methyl sites for hydroxylation is 2. The first-order valence-corrected chi connectivity index (χ1v) is 5.41. The Hall–Kier alpha value is -1.31. The molecule has 2 heteroatoms. The van der Waals surface area contributed by atoms with Gasteiger partial charge in [0, 0.05) is 6.42 Å². The minimum atomic E-state index is 0.0948. The molecular formula is C13H19NO. The van der Waals surface area contributed by atoms with Crippen molar-refractivity contribution in [1.29, 1.82) is 0 Å². The molecular weight excluding hydrogens is 186 g/mol. The number of nitrogens with one attached hydrogen (secondary N) is 1. The molecule has 0 fully saturated rings. The van der Waals surface area contributed by atoms with E-state index in [0.717, 1.165) is 0 Å². The minimum absolute atomic E-state index is 0.0948. The molecule has 1 N–H and O–H groups in total. The number of amides is 1. The molecule has 1 rings (SSSR count). The average Bonchev–Trinajstić information content (AvgIpc) is 2.21. The van der Waals surface area contributed by atoms with Crippen molar-refractivity contribution in [3.8, 4) is 0 Å². The highest BCUT2D eigenvalue weighted by Crippen LogP contribution is 2.18. The van der Waals surface area contributed by atoms with E-state index in [9.17, 15) is 4.79 Å². The first-order chi connectivity index (χ1) is 7.04. The van der Waals surface area contributed by atoms with Gasteiger partial charge in [-0.15, -0.1) is 0 Å². The fraction of sp³-hybridized carbons (Fsp3) is 0.462. The molecule has 0 spiro atoms. The van der Waals surface area contributed by atoms with Crippen LogP contribution in [0.1, 0.15) is 43.0 Å². The van der Waals surface area contributed by atoms with Gasteiger partial charge in [-0.25, -0.2) is 0 Å². The van der Waals surface area contributed by atoms with Crippen LogP contribution in [0, 0.1) is 13.8 Å². The van der Waals surface area contributed by atoms with Crippen molar-refractivity contribution in [2.45, 2.75) is 40.2 Å². The maximum atomic E-state index is 11.3. The van der Waals surface area contributed by atoms with Crippen LogP contribution in [0.4, 0.5) is 0 Å². The van der Waals surface area contributed by atoms with E-state index in [4.69, 9.17) is 0 Å². The predicted molar refractivity (Wildman–Crippen MR) is 62.8 cm³/mol. The maximum Gasteiger partial charge on any atom is 0.220 e. The van der Waals surface area contributed by atoms with Gasteiger partial charge in [0.2, 0.25) is 5.91 Å². The topological polar surface area (TPSA) is 29.1 Å². The summed E-state index contributed by atoms with van der Waals surface area (Å²) in [7, 11) is 0. The summed E-state index contributed by atoms with van der Waals surface area (Å²) in [5.41, 5.74) is 3.66. The van der Waals surface area contributed by atoms with Crippen LogP contribution in [0.25, 0.3) is 0 Å². The summed E-state index contributed by atoms with van der Waals surface area (Å²) in [5.74, 6) is 0.100. The zero-order chi connectivity index (χ0) is 11.4. The lowest BCUT2D eigenvalue weighted by molar-refractivity contribution is -0.121. The highest BCUT2D eigenvalue weighted by molar-refractivity contribution is 5.76. The standard InChI is InChI=1S/C13H19NO/c1-5-13(15)14-11(4)12-8-9(2)6-7-10(12)3/h6-8,11H,5H2,1-4H3,(H,14,15)/t11-/m1/s1. The molecule has 1 aromatic rings. The lowest BCUT2D eigenvalue weighted by atomic mass is 10.00. The fourth-order valence-electron chi connectivity index (χ4n) is 1.65. The molecule has 0 saturated heterocycles. The molecule has 82 valence electrons. The monoisotopic (exact) mass is 205 g/mol. The molecule has 0 aliphatic carbocycles. The van der Waals surface area contributed by atoms with E-state index < -0.39 is 0 Å². The van der Waals surface area contributed by atoms with Gasteiger partial charge in [0.05, 0.1) is 6.04 Å². The molecule has 15 heavy (non-hydrogen) atoms. The molecule has 0 unspecified atom stereocenters. The SMILES string of the molecule is CCC(=O)N[C@H](C)c1cc(C)ccc1C. The summed E-state index contributed by atoms with van der Waals surface area (Å²) < 4.78 is 0. The Kier molecular flexibility index (Phi) is 3.89. The Morgan fingerprint density at radius 2 is 2.07 bits per heavy atom. The van der Waals surface area contributed by atoms with Gasteiger partial charge in [-0.05, 0) is 31.9 Å². The van der Waals surface area contributed by atoms with Gasteiger partial charge < -0.3 is 5.32 Å². The molecule has 1 atom stereocenters. The van der Waals surface area contributed by atoms with Gasteiger partial charge in [-0.3, -0.25) is 4.79 Å². The third kappa shape index (κ3) is 3.08. The van der Waals surface area contributed by atoms with Gasteiger partial charge in [0.25, 0.3) is 0 Å². The Labute approximate surface area is 91.7 Å². The normalized spacial score (nSPS) is 12.3. The van der Waals surface area contributed by atoms with Gasteiger partial charge in [0.15, 0.2) is 0 Å². The summed E-state index contributed by atoms with van der Waals surface area (Å²) in [6, 6.07) is 6.42. The molecule has 0 radical (unpaired) electrons. The second kappa shape index (κ2) is 4.96. The number of hydrogen-bond donors (Lipinski definition) is 1. The number of benzene rings is 1. The van der Waals surface area contributed by atoms with Gasteiger partial charge in [-0.2, -0.15) is 0 Å². The second-order valence-electron chi connectivity index (χ2n) is 4.00. The Morgan fingerprint density at radius 3 is 2.67 bits per heavy atom. The van der Waals surface area contributed by atoms with E-state index in [0.29, 0.717) is 6.42 Å². The zero-order valence-corrected chi connectivity index (χ0v) is 9.92. The van der Waals surface area contributed by atoms with Gasteiger partial charge in [-0.1, -0.05) is 30.7 Å². The van der Waals surface area contributed by atoms with E-state index in [1.54, 1.807) is 0 Å². The van der Waals surface area contributed by atoms with Crippen molar-refractivity contribution < 1.29 is 4.79 Å². The summed E-state index contributed by atoms with van der Waals surface area (Å²) in [4.78, 5) is 11.3. The summed E-state index contributed by atoms with van der Waals surface area (Å²) >= 11 is 0. The van der Waals surface area contributed by atoms with E-state index in [2.05, 4.69) is 37.4 Å². The van der Waals surface area contributed by atoms with Crippen LogP contribution in [0.5, 0.6) is 0 Å². The zero-order valence-electron chi connectivity index (χ0n) is 9.92. The van der Waals surface area contributed by atoms with Crippen LogP contribution < -0.4 is 5.32 Å². The lowest BCUT2D eigenvalue weighted by Gasteiger charge is -2.16. The number of rotatable bonds is 3. The van der Waals surface area contributed by atoms with Crippen molar-refractivity contribution in [2.75, 3.05) is 0 Å². The van der Waals surface area contributed by atoms with Gasteiger partial charge >= 0.3 is 0 Å². The van der Waals surface area contributed by atoms with Crippen molar-refractivity contribution in [1.82, 2.24) is 5.32 Å². The quantitative estimate of drug-likeness (QED) is 0.807. The molecule has 2 nitrogen and oxygen atoms in total. The van der Waals surface area contributed by atoms with E-state index >= 15 is 0 Å². The molecule has 0 aromatic heterocycles. The van der Waals surface area contributed by atoms with Crippen LogP contribution in [0.3, 0.4) is 0 Å². The van der Waals surface area contributed by atoms with Crippen molar-refractivity contribution >= 4 is 5.91 Å². The van der Waals surface area contributed by atoms with Crippen LogP contribution >= 0.6 is 0 Å². The van der Waals surface area contributed by atoms with Gasteiger partial charge in [0.1, 0.15) is 0 Å². The van der Waals surface area contributed by atoms with Crippen molar-refractivity contribution in [2.24, 2.45) is 0 Å². The molecule has 0 aliphatic rings. The molecule has 0 saturated carbocycles. The highest BCUT2D eigenvalue weighted by atomic mass is 16.1. The predicted octanol–water partition coefficient (Wildman–Crippen LogP) is 2.89.